The van der Waals surface area contributed by atoms with Crippen LogP contribution in [0.15, 0.2) is 24.3 Å². The summed E-state index contributed by atoms with van der Waals surface area (Å²) in [7, 11) is 3.84. The third kappa shape index (κ3) is 8.70. The summed E-state index contributed by atoms with van der Waals surface area (Å²) in [6.07, 6.45) is 4.60. The molecular formula is C21H29NO5S2. The number of rotatable bonds is 12. The smallest absolute Gasteiger partial charge is 0.306 e. The van der Waals surface area contributed by atoms with Gasteiger partial charge in [-0.3, -0.25) is 14.4 Å². The van der Waals surface area contributed by atoms with Crippen molar-refractivity contribution in [3.63, 3.8) is 0 Å². The maximum atomic E-state index is 12.6. The molecule has 3 unspecified atom stereocenters. The summed E-state index contributed by atoms with van der Waals surface area (Å²) in [6, 6.07) is 5.67. The summed E-state index contributed by atoms with van der Waals surface area (Å²) < 4.78 is 0. The largest absolute Gasteiger partial charge is 0.508 e. The van der Waals surface area contributed by atoms with E-state index in [-0.39, 0.29) is 30.3 Å². The average Bonchev–Trinajstić information content (AvgIpc) is 3.19. The van der Waals surface area contributed by atoms with Crippen LogP contribution < -0.4 is 5.32 Å². The van der Waals surface area contributed by atoms with Crippen molar-refractivity contribution in [2.75, 3.05) is 5.75 Å². The molecule has 1 amide bonds. The van der Waals surface area contributed by atoms with Gasteiger partial charge in [0.1, 0.15) is 5.75 Å². The van der Waals surface area contributed by atoms with E-state index in [9.17, 15) is 19.5 Å². The zero-order chi connectivity index (χ0) is 21.2. The highest BCUT2D eigenvalue weighted by atomic mass is 33.1. The lowest BCUT2D eigenvalue weighted by atomic mass is 9.95. The predicted molar refractivity (Wildman–Crippen MR) is 117 cm³/mol. The molecule has 0 spiro atoms. The van der Waals surface area contributed by atoms with E-state index in [1.807, 2.05) is 21.6 Å². The van der Waals surface area contributed by atoms with Crippen molar-refractivity contribution >= 4 is 39.2 Å². The van der Waals surface area contributed by atoms with E-state index < -0.39 is 17.9 Å². The molecule has 1 aromatic carbocycles. The molecule has 1 heterocycles. The van der Waals surface area contributed by atoms with Crippen LogP contribution in [0.2, 0.25) is 0 Å². The first-order valence-corrected chi connectivity index (χ1v) is 12.3. The fourth-order valence-electron chi connectivity index (χ4n) is 3.13. The second kappa shape index (κ2) is 12.1. The molecule has 1 saturated heterocycles. The van der Waals surface area contributed by atoms with Crippen LogP contribution in [0, 0.1) is 5.92 Å². The standard InChI is InChI=1S/C21H29NO5S2/c1-14(21(26)27)12-19(24)18(13-15-6-8-16(23)9-7-15)22-20(25)5-3-2-4-17-10-11-28-29-17/h6-9,14,17-18,23H,2-5,10-13H2,1H3,(H,22,25)(H,26,27). The third-order valence-corrected chi connectivity index (χ3v) is 7.94. The number of carboxylic acid groups (broad SMARTS) is 1. The number of phenolic OH excluding ortho intramolecular Hbond substituents is 1. The van der Waals surface area contributed by atoms with E-state index in [0.29, 0.717) is 11.7 Å². The van der Waals surface area contributed by atoms with Crippen molar-refractivity contribution in [2.45, 2.75) is 63.2 Å². The number of carboxylic acids is 1. The Morgan fingerprint density at radius 3 is 2.55 bits per heavy atom. The van der Waals surface area contributed by atoms with E-state index in [4.69, 9.17) is 5.11 Å². The number of benzene rings is 1. The Morgan fingerprint density at radius 2 is 1.93 bits per heavy atom. The maximum Gasteiger partial charge on any atom is 0.306 e. The zero-order valence-electron chi connectivity index (χ0n) is 16.6. The Balaban J connectivity index is 1.88. The van der Waals surface area contributed by atoms with E-state index in [2.05, 4.69) is 5.32 Å². The molecule has 3 N–H and O–H groups in total. The van der Waals surface area contributed by atoms with E-state index in [1.165, 1.54) is 31.2 Å². The number of ketones is 1. The summed E-state index contributed by atoms with van der Waals surface area (Å²) in [4.78, 5) is 36.1. The number of aromatic hydroxyl groups is 1. The van der Waals surface area contributed by atoms with Gasteiger partial charge in [-0.1, -0.05) is 47.1 Å². The molecule has 1 fully saturated rings. The third-order valence-electron chi connectivity index (χ3n) is 4.94. The Hall–Kier alpha value is -1.67. The van der Waals surface area contributed by atoms with Gasteiger partial charge in [-0.15, -0.1) is 0 Å². The molecule has 0 radical (unpaired) electrons. The number of carbonyl (C=O) groups is 3. The zero-order valence-corrected chi connectivity index (χ0v) is 18.3. The molecule has 160 valence electrons. The minimum Gasteiger partial charge on any atom is -0.508 e. The van der Waals surface area contributed by atoms with Gasteiger partial charge >= 0.3 is 5.97 Å². The Labute approximate surface area is 179 Å². The topological polar surface area (TPSA) is 104 Å². The van der Waals surface area contributed by atoms with Crippen LogP contribution >= 0.6 is 21.6 Å². The van der Waals surface area contributed by atoms with Gasteiger partial charge in [0.2, 0.25) is 5.91 Å². The fourth-order valence-corrected chi connectivity index (χ4v) is 6.16. The van der Waals surface area contributed by atoms with Crippen molar-refractivity contribution in [3.05, 3.63) is 29.8 Å². The minimum absolute atomic E-state index is 0.124. The first-order valence-electron chi connectivity index (χ1n) is 9.96. The van der Waals surface area contributed by atoms with Gasteiger partial charge in [0, 0.05) is 23.8 Å². The molecule has 1 aliphatic heterocycles. The van der Waals surface area contributed by atoms with Gasteiger partial charge in [0.05, 0.1) is 12.0 Å². The van der Waals surface area contributed by atoms with Crippen LogP contribution in [0.1, 0.15) is 51.0 Å². The van der Waals surface area contributed by atoms with Gasteiger partial charge < -0.3 is 15.5 Å². The van der Waals surface area contributed by atoms with Crippen LogP contribution in [0.4, 0.5) is 0 Å². The molecule has 0 bridgehead atoms. The summed E-state index contributed by atoms with van der Waals surface area (Å²) in [5, 5.41) is 22.0. The number of amides is 1. The number of hydrogen-bond donors (Lipinski definition) is 3. The Bertz CT molecular complexity index is 689. The molecular weight excluding hydrogens is 410 g/mol. The lowest BCUT2D eigenvalue weighted by Crippen LogP contribution is -2.43. The van der Waals surface area contributed by atoms with E-state index >= 15 is 0 Å². The second-order valence-corrected chi connectivity index (χ2v) is 10.3. The molecule has 2 rings (SSSR count). The van der Waals surface area contributed by atoms with Crippen molar-refractivity contribution in [1.82, 2.24) is 5.32 Å². The van der Waals surface area contributed by atoms with Crippen LogP contribution in [0.3, 0.4) is 0 Å². The number of hydrogen-bond acceptors (Lipinski definition) is 6. The molecule has 29 heavy (non-hydrogen) atoms. The molecule has 0 saturated carbocycles. The van der Waals surface area contributed by atoms with Crippen LogP contribution in [-0.4, -0.2) is 44.9 Å². The molecule has 0 aliphatic carbocycles. The van der Waals surface area contributed by atoms with Crippen LogP contribution in [0.25, 0.3) is 0 Å². The highest BCUT2D eigenvalue weighted by Crippen LogP contribution is 2.39. The van der Waals surface area contributed by atoms with Gasteiger partial charge in [0.25, 0.3) is 0 Å². The summed E-state index contributed by atoms with van der Waals surface area (Å²) in [5.41, 5.74) is 0.792. The van der Waals surface area contributed by atoms with Crippen molar-refractivity contribution in [3.8, 4) is 5.75 Å². The average molecular weight is 440 g/mol. The maximum absolute atomic E-state index is 12.6. The normalized spacial score (nSPS) is 18.2. The van der Waals surface area contributed by atoms with Crippen LogP contribution in [0.5, 0.6) is 5.75 Å². The predicted octanol–water partition coefficient (Wildman–Crippen LogP) is 3.81. The number of nitrogens with one attached hydrogen (secondary N) is 1. The summed E-state index contributed by atoms with van der Waals surface area (Å²) >= 11 is 0. The summed E-state index contributed by atoms with van der Waals surface area (Å²) in [5.74, 6) is -0.983. The Kier molecular flexibility index (Phi) is 9.87. The molecule has 1 aromatic rings. The number of aliphatic carboxylic acids is 1. The van der Waals surface area contributed by atoms with E-state index in [1.54, 1.807) is 12.1 Å². The van der Waals surface area contributed by atoms with Crippen LogP contribution in [-0.2, 0) is 20.8 Å². The molecule has 3 atom stereocenters. The monoisotopic (exact) mass is 439 g/mol. The fraction of sp³-hybridized carbons (Fsp3) is 0.571. The number of unbranched alkanes of at least 4 members (excludes halogenated alkanes) is 1. The molecule has 0 aromatic heterocycles. The van der Waals surface area contributed by atoms with Crippen molar-refractivity contribution in [1.29, 1.82) is 0 Å². The van der Waals surface area contributed by atoms with Gasteiger partial charge in [0.15, 0.2) is 5.78 Å². The highest BCUT2D eigenvalue weighted by molar-refractivity contribution is 8.77. The van der Waals surface area contributed by atoms with Crippen molar-refractivity contribution in [2.24, 2.45) is 5.92 Å². The van der Waals surface area contributed by atoms with Gasteiger partial charge in [-0.25, -0.2) is 0 Å². The van der Waals surface area contributed by atoms with Gasteiger partial charge in [-0.2, -0.15) is 0 Å². The summed E-state index contributed by atoms with van der Waals surface area (Å²) in [6.45, 7) is 1.49. The first kappa shape index (κ1) is 23.6. The number of Topliss-reactive ketones (excluding diaryl/α,β-unsaturated/α-hetero) is 1. The lowest BCUT2D eigenvalue weighted by Gasteiger charge is -2.19. The van der Waals surface area contributed by atoms with Gasteiger partial charge in [-0.05, 0) is 43.4 Å². The molecule has 8 heteroatoms. The number of phenols is 1. The highest BCUT2D eigenvalue weighted by Gasteiger charge is 2.25. The Morgan fingerprint density at radius 1 is 1.21 bits per heavy atom. The molecule has 1 aliphatic rings. The quantitative estimate of drug-likeness (QED) is 0.336. The van der Waals surface area contributed by atoms with Crippen molar-refractivity contribution < 1.29 is 24.6 Å². The first-order chi connectivity index (χ1) is 13.8. The lowest BCUT2D eigenvalue weighted by molar-refractivity contribution is -0.143. The minimum atomic E-state index is -1.03. The molecule has 6 nitrogen and oxygen atoms in total. The number of carbonyl (C=O) groups excluding carboxylic acids is 2. The second-order valence-electron chi connectivity index (χ2n) is 7.48. The van der Waals surface area contributed by atoms with E-state index in [0.717, 1.165) is 24.8 Å². The SMILES string of the molecule is CC(CC(=O)C(Cc1ccc(O)cc1)NC(=O)CCCCC1CCSS1)C(=O)O.